The van der Waals surface area contributed by atoms with Crippen molar-refractivity contribution < 1.29 is 4.79 Å². The number of benzene rings is 2. The van der Waals surface area contributed by atoms with Crippen LogP contribution in [0.25, 0.3) is 0 Å². The number of rotatable bonds is 5. The van der Waals surface area contributed by atoms with E-state index >= 15 is 0 Å². The molecule has 3 nitrogen and oxygen atoms in total. The number of nitrogens with one attached hydrogen (secondary N) is 1. The van der Waals surface area contributed by atoms with Gasteiger partial charge in [0.1, 0.15) is 0 Å². The van der Waals surface area contributed by atoms with Crippen LogP contribution in [0.3, 0.4) is 0 Å². The number of nitrogens with two attached hydrogens (primary N) is 1. The van der Waals surface area contributed by atoms with Crippen molar-refractivity contribution in [2.24, 2.45) is 5.73 Å². The molecule has 1 aliphatic carbocycles. The Labute approximate surface area is 137 Å². The average molecular weight is 308 g/mol. The van der Waals surface area contributed by atoms with Gasteiger partial charge >= 0.3 is 0 Å². The summed E-state index contributed by atoms with van der Waals surface area (Å²) in [5.41, 5.74) is 8.51. The Bertz CT molecular complexity index is 627. The molecule has 0 heterocycles. The SMILES string of the molecule is N[C@@H](Cc1ccccc1)C(=O)NC1CCCC1c1ccccc1. The fraction of sp³-hybridized carbons (Fsp3) is 0.350. The molecule has 0 bridgehead atoms. The lowest BCUT2D eigenvalue weighted by Gasteiger charge is -2.23. The predicted molar refractivity (Wildman–Crippen MR) is 93.1 cm³/mol. The Morgan fingerprint density at radius 2 is 1.70 bits per heavy atom. The van der Waals surface area contributed by atoms with Gasteiger partial charge in [0.15, 0.2) is 0 Å². The molecule has 1 amide bonds. The highest BCUT2D eigenvalue weighted by molar-refractivity contribution is 5.82. The highest BCUT2D eigenvalue weighted by Gasteiger charge is 2.30. The summed E-state index contributed by atoms with van der Waals surface area (Å²) in [4.78, 5) is 12.4. The maximum absolute atomic E-state index is 12.4. The minimum Gasteiger partial charge on any atom is -0.351 e. The molecule has 3 atom stereocenters. The van der Waals surface area contributed by atoms with Crippen LogP contribution in [0.2, 0.25) is 0 Å². The first-order chi connectivity index (χ1) is 11.2. The number of carbonyl (C=O) groups is 1. The Morgan fingerprint density at radius 3 is 2.39 bits per heavy atom. The zero-order chi connectivity index (χ0) is 16.1. The molecule has 0 aliphatic heterocycles. The summed E-state index contributed by atoms with van der Waals surface area (Å²) in [6, 6.07) is 20.1. The normalized spacial score (nSPS) is 21.8. The van der Waals surface area contributed by atoms with Gasteiger partial charge in [0.05, 0.1) is 6.04 Å². The van der Waals surface area contributed by atoms with Crippen molar-refractivity contribution in [1.82, 2.24) is 5.32 Å². The Hall–Kier alpha value is -2.13. The van der Waals surface area contributed by atoms with E-state index in [1.165, 1.54) is 5.56 Å². The van der Waals surface area contributed by atoms with Gasteiger partial charge in [-0.1, -0.05) is 67.1 Å². The first-order valence-electron chi connectivity index (χ1n) is 8.39. The van der Waals surface area contributed by atoms with Crippen molar-refractivity contribution in [2.75, 3.05) is 0 Å². The molecule has 2 aromatic rings. The second-order valence-corrected chi connectivity index (χ2v) is 6.36. The van der Waals surface area contributed by atoms with Gasteiger partial charge in [-0.25, -0.2) is 0 Å². The summed E-state index contributed by atoms with van der Waals surface area (Å²) >= 11 is 0. The van der Waals surface area contributed by atoms with E-state index in [-0.39, 0.29) is 11.9 Å². The van der Waals surface area contributed by atoms with Crippen LogP contribution in [0.4, 0.5) is 0 Å². The molecule has 3 heteroatoms. The van der Waals surface area contributed by atoms with Gasteiger partial charge in [-0.2, -0.15) is 0 Å². The molecule has 120 valence electrons. The summed E-state index contributed by atoms with van der Waals surface area (Å²) in [6.45, 7) is 0. The lowest BCUT2D eigenvalue weighted by molar-refractivity contribution is -0.123. The van der Waals surface area contributed by atoms with Crippen LogP contribution in [0.15, 0.2) is 60.7 Å². The van der Waals surface area contributed by atoms with Crippen molar-refractivity contribution in [3.63, 3.8) is 0 Å². The first kappa shape index (κ1) is 15.8. The zero-order valence-corrected chi connectivity index (χ0v) is 13.3. The molecule has 3 N–H and O–H groups in total. The highest BCUT2D eigenvalue weighted by Crippen LogP contribution is 2.34. The van der Waals surface area contributed by atoms with E-state index in [9.17, 15) is 4.79 Å². The molecule has 2 unspecified atom stereocenters. The van der Waals surface area contributed by atoms with Gasteiger partial charge in [0.2, 0.25) is 5.91 Å². The third kappa shape index (κ3) is 3.99. The lowest BCUT2D eigenvalue weighted by Crippen LogP contribution is -2.47. The largest absolute Gasteiger partial charge is 0.351 e. The number of hydrogen-bond acceptors (Lipinski definition) is 2. The van der Waals surface area contributed by atoms with Crippen molar-refractivity contribution >= 4 is 5.91 Å². The summed E-state index contributed by atoms with van der Waals surface area (Å²) < 4.78 is 0. The molecule has 0 spiro atoms. The summed E-state index contributed by atoms with van der Waals surface area (Å²) in [5, 5.41) is 3.18. The summed E-state index contributed by atoms with van der Waals surface area (Å²) in [7, 11) is 0. The maximum Gasteiger partial charge on any atom is 0.237 e. The van der Waals surface area contributed by atoms with E-state index < -0.39 is 6.04 Å². The van der Waals surface area contributed by atoms with Gasteiger partial charge in [0, 0.05) is 12.0 Å². The van der Waals surface area contributed by atoms with Crippen LogP contribution in [0.1, 0.15) is 36.3 Å². The third-order valence-electron chi connectivity index (χ3n) is 4.71. The topological polar surface area (TPSA) is 55.1 Å². The second-order valence-electron chi connectivity index (χ2n) is 6.36. The monoisotopic (exact) mass is 308 g/mol. The molecular weight excluding hydrogens is 284 g/mol. The summed E-state index contributed by atoms with van der Waals surface area (Å²) in [5.74, 6) is 0.366. The van der Waals surface area contributed by atoms with E-state index in [4.69, 9.17) is 5.73 Å². The highest BCUT2D eigenvalue weighted by atomic mass is 16.2. The van der Waals surface area contributed by atoms with Crippen molar-refractivity contribution in [1.29, 1.82) is 0 Å². The van der Waals surface area contributed by atoms with E-state index in [1.807, 2.05) is 36.4 Å². The maximum atomic E-state index is 12.4. The molecule has 0 radical (unpaired) electrons. The average Bonchev–Trinajstić information content (AvgIpc) is 3.04. The van der Waals surface area contributed by atoms with Crippen molar-refractivity contribution in [3.8, 4) is 0 Å². The fourth-order valence-electron chi connectivity index (χ4n) is 3.48. The Morgan fingerprint density at radius 1 is 1.04 bits per heavy atom. The molecule has 1 saturated carbocycles. The molecule has 0 saturated heterocycles. The third-order valence-corrected chi connectivity index (χ3v) is 4.71. The smallest absolute Gasteiger partial charge is 0.237 e. The molecule has 2 aromatic carbocycles. The Kier molecular flexibility index (Phi) is 5.09. The predicted octanol–water partition coefficient (Wildman–Crippen LogP) is 3.01. The van der Waals surface area contributed by atoms with E-state index in [0.29, 0.717) is 12.3 Å². The quantitative estimate of drug-likeness (QED) is 0.892. The molecule has 23 heavy (non-hydrogen) atoms. The minimum atomic E-state index is -0.491. The van der Waals surface area contributed by atoms with Crippen molar-refractivity contribution in [2.45, 2.75) is 43.7 Å². The van der Waals surface area contributed by atoms with Gasteiger partial charge in [-0.05, 0) is 30.4 Å². The van der Waals surface area contributed by atoms with Crippen LogP contribution in [-0.4, -0.2) is 18.0 Å². The first-order valence-corrected chi connectivity index (χ1v) is 8.39. The van der Waals surface area contributed by atoms with Gasteiger partial charge in [-0.3, -0.25) is 4.79 Å². The molecule has 3 rings (SSSR count). The van der Waals surface area contributed by atoms with E-state index in [0.717, 1.165) is 24.8 Å². The van der Waals surface area contributed by atoms with E-state index in [1.54, 1.807) is 0 Å². The van der Waals surface area contributed by atoms with E-state index in [2.05, 4.69) is 29.6 Å². The number of amides is 1. The van der Waals surface area contributed by atoms with Gasteiger partial charge in [-0.15, -0.1) is 0 Å². The fourth-order valence-corrected chi connectivity index (χ4v) is 3.48. The van der Waals surface area contributed by atoms with Gasteiger partial charge < -0.3 is 11.1 Å². The minimum absolute atomic E-state index is 0.0401. The molecular formula is C20H24N2O. The van der Waals surface area contributed by atoms with Crippen LogP contribution in [0, 0.1) is 0 Å². The van der Waals surface area contributed by atoms with Crippen molar-refractivity contribution in [3.05, 3.63) is 71.8 Å². The number of carbonyl (C=O) groups excluding carboxylic acids is 1. The summed E-state index contributed by atoms with van der Waals surface area (Å²) in [6.07, 6.45) is 3.89. The Balaban J connectivity index is 1.60. The van der Waals surface area contributed by atoms with Crippen LogP contribution < -0.4 is 11.1 Å². The van der Waals surface area contributed by atoms with Crippen LogP contribution in [-0.2, 0) is 11.2 Å². The zero-order valence-electron chi connectivity index (χ0n) is 13.3. The molecule has 0 aromatic heterocycles. The van der Waals surface area contributed by atoms with Gasteiger partial charge in [0.25, 0.3) is 0 Å². The van der Waals surface area contributed by atoms with Crippen LogP contribution >= 0.6 is 0 Å². The number of hydrogen-bond donors (Lipinski definition) is 2. The van der Waals surface area contributed by atoms with Crippen LogP contribution in [0.5, 0.6) is 0 Å². The standard InChI is InChI=1S/C20H24N2O/c21-18(14-15-8-3-1-4-9-15)20(23)22-19-13-7-12-17(19)16-10-5-2-6-11-16/h1-6,8-11,17-19H,7,12-14,21H2,(H,22,23)/t17?,18-,19?/m0/s1. The molecule has 1 aliphatic rings. The second kappa shape index (κ2) is 7.42. The molecule has 1 fully saturated rings. The lowest BCUT2D eigenvalue weighted by atomic mass is 9.94.